The summed E-state index contributed by atoms with van der Waals surface area (Å²) in [6, 6.07) is 12.7. The Bertz CT molecular complexity index is 889. The van der Waals surface area contributed by atoms with Gasteiger partial charge in [0, 0.05) is 38.9 Å². The van der Waals surface area contributed by atoms with Gasteiger partial charge in [-0.25, -0.2) is 0 Å². The van der Waals surface area contributed by atoms with Crippen molar-refractivity contribution in [2.24, 2.45) is 5.92 Å². The highest BCUT2D eigenvalue weighted by atomic mass is 79.9. The molecule has 0 saturated carbocycles. The van der Waals surface area contributed by atoms with Crippen molar-refractivity contribution in [1.29, 1.82) is 0 Å². The zero-order chi connectivity index (χ0) is 23.7. The minimum Gasteiger partial charge on any atom is -0.354 e. The molecule has 0 spiro atoms. The summed E-state index contributed by atoms with van der Waals surface area (Å²) < 4.78 is 1.02. The van der Waals surface area contributed by atoms with Crippen LogP contribution in [0.3, 0.4) is 0 Å². The Balaban J connectivity index is 2.18. The molecule has 2 amide bonds. The normalized spacial score (nSPS) is 12.0. The summed E-state index contributed by atoms with van der Waals surface area (Å²) in [6.07, 6.45) is 0.495. The second-order valence-corrected chi connectivity index (χ2v) is 10.6. The van der Waals surface area contributed by atoms with Gasteiger partial charge in [-0.15, -0.1) is 11.8 Å². The van der Waals surface area contributed by atoms with Gasteiger partial charge in [0.25, 0.3) is 0 Å². The van der Waals surface area contributed by atoms with Crippen LogP contribution in [0, 0.1) is 5.92 Å². The molecule has 174 valence electrons. The van der Waals surface area contributed by atoms with Crippen molar-refractivity contribution >= 4 is 62.7 Å². The summed E-state index contributed by atoms with van der Waals surface area (Å²) in [5.41, 5.74) is 1.78. The van der Waals surface area contributed by atoms with Gasteiger partial charge in [-0.05, 0) is 42.2 Å². The Morgan fingerprint density at radius 1 is 1.09 bits per heavy atom. The van der Waals surface area contributed by atoms with Crippen molar-refractivity contribution in [2.45, 2.75) is 45.5 Å². The van der Waals surface area contributed by atoms with Crippen LogP contribution in [0.2, 0.25) is 10.0 Å². The number of carbonyl (C=O) groups is 2. The fourth-order valence-corrected chi connectivity index (χ4v) is 4.77. The first-order chi connectivity index (χ1) is 15.2. The molecule has 0 aliphatic heterocycles. The lowest BCUT2D eigenvalue weighted by Gasteiger charge is -2.31. The van der Waals surface area contributed by atoms with Crippen LogP contribution in [0.25, 0.3) is 0 Å². The first-order valence-corrected chi connectivity index (χ1v) is 13.3. The van der Waals surface area contributed by atoms with E-state index in [1.165, 1.54) is 11.8 Å². The monoisotopic (exact) mass is 558 g/mol. The van der Waals surface area contributed by atoms with Crippen molar-refractivity contribution in [3.05, 3.63) is 68.1 Å². The van der Waals surface area contributed by atoms with Crippen LogP contribution in [0.5, 0.6) is 0 Å². The van der Waals surface area contributed by atoms with Gasteiger partial charge in [-0.1, -0.05) is 78.1 Å². The summed E-state index contributed by atoms with van der Waals surface area (Å²) in [7, 11) is 0. The SMILES string of the molecule is CC[C@H](C(=O)NCC(C)C)N(Cc1c(Cl)cccc1Cl)C(=O)CSCc1ccc(Br)cc1. The molecule has 0 aliphatic rings. The molecule has 8 heteroatoms. The number of rotatable bonds is 11. The second kappa shape index (κ2) is 13.5. The highest BCUT2D eigenvalue weighted by molar-refractivity contribution is 9.10. The number of benzene rings is 2. The fraction of sp³-hybridized carbons (Fsp3) is 0.417. The molecule has 4 nitrogen and oxygen atoms in total. The van der Waals surface area contributed by atoms with Crippen molar-refractivity contribution < 1.29 is 9.59 Å². The third kappa shape index (κ3) is 8.29. The summed E-state index contributed by atoms with van der Waals surface area (Å²) in [5, 5.41) is 3.92. The number of halogens is 3. The van der Waals surface area contributed by atoms with E-state index in [0.717, 1.165) is 10.0 Å². The Labute approximate surface area is 213 Å². The summed E-state index contributed by atoms with van der Waals surface area (Å²) >= 11 is 17.7. The highest BCUT2D eigenvalue weighted by Crippen LogP contribution is 2.27. The van der Waals surface area contributed by atoms with Crippen LogP contribution < -0.4 is 5.32 Å². The fourth-order valence-electron chi connectivity index (χ4n) is 3.12. The zero-order valence-electron chi connectivity index (χ0n) is 18.5. The van der Waals surface area contributed by atoms with E-state index in [2.05, 4.69) is 21.2 Å². The van der Waals surface area contributed by atoms with Gasteiger partial charge in [0.1, 0.15) is 6.04 Å². The highest BCUT2D eigenvalue weighted by Gasteiger charge is 2.29. The molecule has 0 unspecified atom stereocenters. The van der Waals surface area contributed by atoms with E-state index < -0.39 is 6.04 Å². The third-order valence-corrected chi connectivity index (χ3v) is 7.09. The predicted molar refractivity (Wildman–Crippen MR) is 139 cm³/mol. The van der Waals surface area contributed by atoms with Crippen molar-refractivity contribution in [1.82, 2.24) is 10.2 Å². The lowest BCUT2D eigenvalue weighted by Crippen LogP contribution is -2.50. The lowest BCUT2D eigenvalue weighted by molar-refractivity contribution is -0.139. The second-order valence-electron chi connectivity index (χ2n) is 7.90. The van der Waals surface area contributed by atoms with E-state index in [4.69, 9.17) is 23.2 Å². The molecule has 0 saturated heterocycles. The standard InChI is InChI=1S/C24H29BrCl2N2O2S/c1-4-22(24(31)28-12-16(2)3)29(13-19-20(26)6-5-7-21(19)27)23(30)15-32-14-17-8-10-18(25)11-9-17/h5-11,16,22H,4,12-15H2,1-3H3,(H,28,31)/t22-/m1/s1. The third-order valence-electron chi connectivity index (χ3n) is 4.87. The zero-order valence-corrected chi connectivity index (χ0v) is 22.5. The maximum Gasteiger partial charge on any atom is 0.242 e. The molecular formula is C24H29BrCl2N2O2S. The molecule has 2 rings (SSSR count). The van der Waals surface area contributed by atoms with Gasteiger partial charge in [0.05, 0.1) is 5.75 Å². The maximum absolute atomic E-state index is 13.3. The molecule has 0 heterocycles. The first-order valence-electron chi connectivity index (χ1n) is 10.5. The van der Waals surface area contributed by atoms with Gasteiger partial charge in [-0.2, -0.15) is 0 Å². The number of hydrogen-bond acceptors (Lipinski definition) is 3. The maximum atomic E-state index is 13.3. The Morgan fingerprint density at radius 3 is 2.28 bits per heavy atom. The molecule has 0 fully saturated rings. The summed E-state index contributed by atoms with van der Waals surface area (Å²) in [4.78, 5) is 27.8. The number of nitrogens with one attached hydrogen (secondary N) is 1. The van der Waals surface area contributed by atoms with Crippen LogP contribution in [-0.2, 0) is 21.9 Å². The number of amides is 2. The van der Waals surface area contributed by atoms with Crippen LogP contribution in [0.1, 0.15) is 38.3 Å². The average Bonchev–Trinajstić information content (AvgIpc) is 2.75. The molecule has 0 radical (unpaired) electrons. The van der Waals surface area contributed by atoms with E-state index in [-0.39, 0.29) is 24.1 Å². The van der Waals surface area contributed by atoms with Crippen LogP contribution in [-0.4, -0.2) is 35.1 Å². The minimum atomic E-state index is -0.595. The van der Waals surface area contributed by atoms with Gasteiger partial charge in [0.15, 0.2) is 0 Å². The number of hydrogen-bond donors (Lipinski definition) is 1. The number of carbonyl (C=O) groups excluding carboxylic acids is 2. The van der Waals surface area contributed by atoms with Gasteiger partial charge < -0.3 is 10.2 Å². The lowest BCUT2D eigenvalue weighted by atomic mass is 10.1. The largest absolute Gasteiger partial charge is 0.354 e. The number of thioether (sulfide) groups is 1. The molecular weight excluding hydrogens is 531 g/mol. The van der Waals surface area contributed by atoms with E-state index >= 15 is 0 Å². The number of nitrogens with zero attached hydrogens (tertiary/aromatic N) is 1. The molecule has 0 aliphatic carbocycles. The van der Waals surface area contributed by atoms with Crippen molar-refractivity contribution in [3.63, 3.8) is 0 Å². The minimum absolute atomic E-state index is 0.116. The van der Waals surface area contributed by atoms with Crippen molar-refractivity contribution in [2.75, 3.05) is 12.3 Å². The smallest absolute Gasteiger partial charge is 0.242 e. The van der Waals surface area contributed by atoms with E-state index in [0.29, 0.717) is 40.2 Å². The topological polar surface area (TPSA) is 49.4 Å². The summed E-state index contributed by atoms with van der Waals surface area (Å²) in [6.45, 7) is 6.72. The first kappa shape index (κ1) is 27.0. The Hall–Kier alpha value is -1.21. The van der Waals surface area contributed by atoms with Crippen LogP contribution in [0.15, 0.2) is 46.9 Å². The van der Waals surface area contributed by atoms with Crippen LogP contribution in [0.4, 0.5) is 0 Å². The Kier molecular flexibility index (Phi) is 11.4. The predicted octanol–water partition coefficient (Wildman–Crippen LogP) is 6.57. The van der Waals surface area contributed by atoms with E-state index in [1.807, 2.05) is 45.0 Å². The van der Waals surface area contributed by atoms with Gasteiger partial charge in [-0.3, -0.25) is 9.59 Å². The van der Waals surface area contributed by atoms with Gasteiger partial charge in [0.2, 0.25) is 11.8 Å². The molecule has 1 N–H and O–H groups in total. The van der Waals surface area contributed by atoms with Gasteiger partial charge >= 0.3 is 0 Å². The molecule has 1 atom stereocenters. The quantitative estimate of drug-likeness (QED) is 0.339. The molecule has 0 bridgehead atoms. The molecule has 2 aromatic rings. The molecule has 0 aromatic heterocycles. The average molecular weight is 560 g/mol. The molecule has 2 aromatic carbocycles. The Morgan fingerprint density at radius 2 is 1.72 bits per heavy atom. The van der Waals surface area contributed by atoms with E-state index in [1.54, 1.807) is 23.1 Å². The van der Waals surface area contributed by atoms with Crippen LogP contribution >= 0.6 is 50.9 Å². The summed E-state index contributed by atoms with van der Waals surface area (Å²) in [5.74, 6) is 1.01. The molecule has 32 heavy (non-hydrogen) atoms. The van der Waals surface area contributed by atoms with E-state index in [9.17, 15) is 9.59 Å². The van der Waals surface area contributed by atoms with Crippen molar-refractivity contribution in [3.8, 4) is 0 Å².